The lowest BCUT2D eigenvalue weighted by molar-refractivity contribution is -0.120. The zero-order valence-corrected chi connectivity index (χ0v) is 15.7. The lowest BCUT2D eigenvalue weighted by atomic mass is 9.88. The fraction of sp³-hybridized carbons (Fsp3) is 0.304. The highest BCUT2D eigenvalue weighted by Crippen LogP contribution is 2.25. The van der Waals surface area contributed by atoms with Gasteiger partial charge in [-0.25, -0.2) is 0 Å². The van der Waals surface area contributed by atoms with Gasteiger partial charge in [-0.3, -0.25) is 9.59 Å². The molecular weight excluding hydrogens is 336 g/mol. The third kappa shape index (κ3) is 5.81. The molecule has 4 nitrogen and oxygen atoms in total. The van der Waals surface area contributed by atoms with E-state index in [0.29, 0.717) is 11.4 Å². The molecule has 2 aromatic carbocycles. The lowest BCUT2D eigenvalue weighted by Gasteiger charge is -2.20. The van der Waals surface area contributed by atoms with Crippen LogP contribution in [0.25, 0.3) is 6.08 Å². The second kappa shape index (κ2) is 9.17. The first kappa shape index (κ1) is 18.9. The summed E-state index contributed by atoms with van der Waals surface area (Å²) < 4.78 is 0. The van der Waals surface area contributed by atoms with Crippen LogP contribution in [0.1, 0.15) is 43.2 Å². The molecule has 3 rings (SSSR count). The van der Waals surface area contributed by atoms with Gasteiger partial charge in [0.1, 0.15) is 0 Å². The van der Waals surface area contributed by atoms with Crippen molar-refractivity contribution in [3.05, 3.63) is 65.7 Å². The average molecular weight is 362 g/mol. The van der Waals surface area contributed by atoms with E-state index in [2.05, 4.69) is 10.6 Å². The molecule has 2 aromatic rings. The largest absolute Gasteiger partial charge is 0.326 e. The van der Waals surface area contributed by atoms with Crippen LogP contribution in [0.2, 0.25) is 0 Å². The summed E-state index contributed by atoms with van der Waals surface area (Å²) >= 11 is 0. The van der Waals surface area contributed by atoms with E-state index in [0.717, 1.165) is 31.2 Å². The number of benzene rings is 2. The highest BCUT2D eigenvalue weighted by molar-refractivity contribution is 6.02. The molecule has 1 fully saturated rings. The van der Waals surface area contributed by atoms with Gasteiger partial charge in [0.05, 0.1) is 0 Å². The van der Waals surface area contributed by atoms with Crippen molar-refractivity contribution in [2.75, 3.05) is 10.6 Å². The summed E-state index contributed by atoms with van der Waals surface area (Å²) in [4.78, 5) is 24.5. The summed E-state index contributed by atoms with van der Waals surface area (Å²) in [7, 11) is 0. The Morgan fingerprint density at radius 1 is 0.926 bits per heavy atom. The molecule has 0 bridgehead atoms. The number of amides is 2. The van der Waals surface area contributed by atoms with E-state index in [1.54, 1.807) is 12.1 Å². The highest BCUT2D eigenvalue weighted by atomic mass is 16.2. The molecule has 1 saturated carbocycles. The first-order valence-electron chi connectivity index (χ1n) is 9.57. The molecule has 2 N–H and O–H groups in total. The zero-order chi connectivity index (χ0) is 19.1. The summed E-state index contributed by atoms with van der Waals surface area (Å²) in [5.41, 5.74) is 3.54. The standard InChI is InChI=1S/C23H26N2O2/c1-17-10-12-18(13-11-17)14-15-22(26)24-20-8-5-9-21(16-20)25-23(27)19-6-3-2-4-7-19/h5,8-16,19H,2-4,6-7H2,1H3,(H,24,26)(H,25,27)/b15-14+. The van der Waals surface area contributed by atoms with Crippen LogP contribution < -0.4 is 10.6 Å². The second-order valence-corrected chi connectivity index (χ2v) is 7.14. The van der Waals surface area contributed by atoms with E-state index >= 15 is 0 Å². The van der Waals surface area contributed by atoms with Crippen LogP contribution in [0.5, 0.6) is 0 Å². The van der Waals surface area contributed by atoms with E-state index in [4.69, 9.17) is 0 Å². The molecule has 140 valence electrons. The minimum Gasteiger partial charge on any atom is -0.326 e. The molecule has 0 aromatic heterocycles. The van der Waals surface area contributed by atoms with E-state index in [-0.39, 0.29) is 17.7 Å². The van der Waals surface area contributed by atoms with Crippen LogP contribution in [0.4, 0.5) is 11.4 Å². The summed E-state index contributed by atoms with van der Waals surface area (Å²) in [5.74, 6) is -0.0155. The smallest absolute Gasteiger partial charge is 0.248 e. The molecule has 0 spiro atoms. The molecule has 0 saturated heterocycles. The Hall–Kier alpha value is -2.88. The second-order valence-electron chi connectivity index (χ2n) is 7.14. The van der Waals surface area contributed by atoms with Crippen molar-refractivity contribution in [2.24, 2.45) is 5.92 Å². The van der Waals surface area contributed by atoms with Crippen molar-refractivity contribution in [3.63, 3.8) is 0 Å². The van der Waals surface area contributed by atoms with E-state index in [9.17, 15) is 9.59 Å². The summed E-state index contributed by atoms with van der Waals surface area (Å²) in [5, 5.41) is 5.82. The van der Waals surface area contributed by atoms with Gasteiger partial charge in [-0.15, -0.1) is 0 Å². The predicted molar refractivity (Wildman–Crippen MR) is 110 cm³/mol. The van der Waals surface area contributed by atoms with Crippen molar-refractivity contribution < 1.29 is 9.59 Å². The van der Waals surface area contributed by atoms with E-state index in [1.165, 1.54) is 18.1 Å². The third-order valence-corrected chi connectivity index (χ3v) is 4.88. The predicted octanol–water partition coefficient (Wildman–Crippen LogP) is 5.17. The molecule has 4 heteroatoms. The number of hydrogen-bond donors (Lipinski definition) is 2. The van der Waals surface area contributed by atoms with Gasteiger partial charge >= 0.3 is 0 Å². The maximum atomic E-state index is 12.4. The number of anilines is 2. The molecule has 0 atom stereocenters. The summed E-state index contributed by atoms with van der Waals surface area (Å²) in [6.45, 7) is 2.03. The first-order valence-corrected chi connectivity index (χ1v) is 9.57. The third-order valence-electron chi connectivity index (χ3n) is 4.88. The zero-order valence-electron chi connectivity index (χ0n) is 15.7. The Morgan fingerprint density at radius 2 is 1.59 bits per heavy atom. The molecule has 0 unspecified atom stereocenters. The van der Waals surface area contributed by atoms with Gasteiger partial charge in [0.15, 0.2) is 0 Å². The Kier molecular flexibility index (Phi) is 6.42. The molecule has 0 radical (unpaired) electrons. The fourth-order valence-corrected chi connectivity index (χ4v) is 3.32. The topological polar surface area (TPSA) is 58.2 Å². The first-order chi connectivity index (χ1) is 13.1. The van der Waals surface area contributed by atoms with Crippen LogP contribution >= 0.6 is 0 Å². The highest BCUT2D eigenvalue weighted by Gasteiger charge is 2.21. The number of hydrogen-bond acceptors (Lipinski definition) is 2. The van der Waals surface area contributed by atoms with Gasteiger partial charge in [0.25, 0.3) is 0 Å². The van der Waals surface area contributed by atoms with Gasteiger partial charge in [0, 0.05) is 23.4 Å². The normalized spacial score (nSPS) is 14.9. The molecule has 2 amide bonds. The molecule has 1 aliphatic rings. The van der Waals surface area contributed by atoms with Crippen LogP contribution in [-0.4, -0.2) is 11.8 Å². The van der Waals surface area contributed by atoms with Gasteiger partial charge in [0.2, 0.25) is 11.8 Å². The van der Waals surface area contributed by atoms with E-state index < -0.39 is 0 Å². The minimum absolute atomic E-state index is 0.0810. The van der Waals surface area contributed by atoms with Crippen LogP contribution in [0, 0.1) is 12.8 Å². The molecule has 27 heavy (non-hydrogen) atoms. The van der Waals surface area contributed by atoms with Gasteiger partial charge in [-0.1, -0.05) is 55.2 Å². The van der Waals surface area contributed by atoms with Crippen molar-refractivity contribution in [3.8, 4) is 0 Å². The Balaban J connectivity index is 1.57. The molecule has 0 heterocycles. The van der Waals surface area contributed by atoms with Gasteiger partial charge < -0.3 is 10.6 Å². The number of carbonyl (C=O) groups is 2. The Bertz CT molecular complexity index is 819. The SMILES string of the molecule is Cc1ccc(/C=C/C(=O)Nc2cccc(NC(=O)C3CCCCC3)c2)cc1. The number of aryl methyl sites for hydroxylation is 1. The average Bonchev–Trinajstić information content (AvgIpc) is 2.68. The summed E-state index contributed by atoms with van der Waals surface area (Å²) in [6, 6.07) is 15.2. The van der Waals surface area contributed by atoms with Crippen molar-refractivity contribution >= 4 is 29.3 Å². The minimum atomic E-state index is -0.202. The van der Waals surface area contributed by atoms with Gasteiger partial charge in [-0.2, -0.15) is 0 Å². The number of nitrogens with one attached hydrogen (secondary N) is 2. The Morgan fingerprint density at radius 3 is 2.30 bits per heavy atom. The van der Waals surface area contributed by atoms with Crippen molar-refractivity contribution in [1.82, 2.24) is 0 Å². The van der Waals surface area contributed by atoms with Crippen LogP contribution in [0.3, 0.4) is 0 Å². The summed E-state index contributed by atoms with van der Waals surface area (Å²) in [6.07, 6.45) is 8.70. The van der Waals surface area contributed by atoms with E-state index in [1.807, 2.05) is 49.4 Å². The number of carbonyl (C=O) groups excluding carboxylic acids is 2. The quantitative estimate of drug-likeness (QED) is 0.721. The van der Waals surface area contributed by atoms with Crippen molar-refractivity contribution in [1.29, 1.82) is 0 Å². The molecule has 0 aliphatic heterocycles. The van der Waals surface area contributed by atoms with Gasteiger partial charge in [-0.05, 0) is 49.6 Å². The van der Waals surface area contributed by atoms with Crippen molar-refractivity contribution in [2.45, 2.75) is 39.0 Å². The number of rotatable bonds is 5. The lowest BCUT2D eigenvalue weighted by Crippen LogP contribution is -2.24. The Labute approximate surface area is 160 Å². The van der Waals surface area contributed by atoms with Crippen LogP contribution in [0.15, 0.2) is 54.6 Å². The monoisotopic (exact) mass is 362 g/mol. The maximum Gasteiger partial charge on any atom is 0.248 e. The molecule has 1 aliphatic carbocycles. The molecular formula is C23H26N2O2. The fourth-order valence-electron chi connectivity index (χ4n) is 3.32. The van der Waals surface area contributed by atoms with Crippen LogP contribution in [-0.2, 0) is 9.59 Å². The maximum absolute atomic E-state index is 12.4.